The monoisotopic (exact) mass is 322 g/mol. The topological polar surface area (TPSA) is 81.4 Å². The van der Waals surface area contributed by atoms with Crippen molar-refractivity contribution in [2.24, 2.45) is 0 Å². The van der Waals surface area contributed by atoms with Crippen molar-refractivity contribution in [3.05, 3.63) is 46.8 Å². The maximum atomic E-state index is 12.2. The molecule has 6 nitrogen and oxygen atoms in total. The van der Waals surface area contributed by atoms with Gasteiger partial charge in [-0.2, -0.15) is 0 Å². The van der Waals surface area contributed by atoms with Crippen LogP contribution in [-0.4, -0.2) is 26.2 Å². The Morgan fingerprint density at radius 2 is 2.18 bits per heavy atom. The van der Waals surface area contributed by atoms with Gasteiger partial charge in [0.05, 0.1) is 11.7 Å². The minimum atomic E-state index is -3.50. The summed E-state index contributed by atoms with van der Waals surface area (Å²) in [6.07, 6.45) is 0.617. The third-order valence-electron chi connectivity index (χ3n) is 3.54. The van der Waals surface area contributed by atoms with E-state index in [9.17, 15) is 8.42 Å². The highest BCUT2D eigenvalue weighted by atomic mass is 32.2. The molecule has 1 aliphatic rings. The molecule has 2 aromatic rings. The van der Waals surface area contributed by atoms with Gasteiger partial charge in [0, 0.05) is 6.07 Å². The van der Waals surface area contributed by atoms with E-state index >= 15 is 0 Å². The maximum absolute atomic E-state index is 12.2. The molecule has 1 aromatic heterocycles. The number of nitrogens with one attached hydrogen (secondary N) is 1. The van der Waals surface area contributed by atoms with E-state index in [4.69, 9.17) is 9.26 Å². The minimum absolute atomic E-state index is 0.217. The van der Waals surface area contributed by atoms with Crippen molar-refractivity contribution in [2.75, 3.05) is 6.61 Å². The number of nitrogens with zero attached hydrogens (tertiary/aromatic N) is 1. The highest BCUT2D eigenvalue weighted by molar-refractivity contribution is 7.88. The van der Waals surface area contributed by atoms with Crippen LogP contribution < -0.4 is 9.46 Å². The van der Waals surface area contributed by atoms with Gasteiger partial charge in [-0.15, -0.1) is 0 Å². The number of para-hydroxylation sites is 1. The van der Waals surface area contributed by atoms with Gasteiger partial charge in [0.25, 0.3) is 0 Å². The third kappa shape index (κ3) is 3.31. The van der Waals surface area contributed by atoms with E-state index in [0.717, 1.165) is 16.9 Å². The summed E-state index contributed by atoms with van der Waals surface area (Å²) in [6, 6.07) is 7.24. The van der Waals surface area contributed by atoms with Crippen LogP contribution in [0, 0.1) is 13.8 Å². The van der Waals surface area contributed by atoms with Crippen molar-refractivity contribution in [3.8, 4) is 5.75 Å². The van der Waals surface area contributed by atoms with E-state index in [-0.39, 0.29) is 11.8 Å². The van der Waals surface area contributed by atoms with Crippen LogP contribution in [0.5, 0.6) is 5.75 Å². The molecule has 1 aliphatic heterocycles. The number of sulfonamides is 1. The van der Waals surface area contributed by atoms with E-state index in [2.05, 4.69) is 9.88 Å². The molecular weight excluding hydrogens is 304 g/mol. The largest absolute Gasteiger partial charge is 0.491 e. The minimum Gasteiger partial charge on any atom is -0.491 e. The molecule has 0 saturated heterocycles. The fourth-order valence-electron chi connectivity index (χ4n) is 2.63. The van der Waals surface area contributed by atoms with E-state index in [1.165, 1.54) is 0 Å². The predicted octanol–water partition coefficient (Wildman–Crippen LogP) is 1.71. The smallest absolute Gasteiger partial charge is 0.219 e. The molecule has 0 unspecified atom stereocenters. The van der Waals surface area contributed by atoms with Gasteiger partial charge in [-0.25, -0.2) is 13.1 Å². The molecule has 0 aliphatic carbocycles. The van der Waals surface area contributed by atoms with Crippen molar-refractivity contribution in [1.82, 2.24) is 9.88 Å². The van der Waals surface area contributed by atoms with Crippen molar-refractivity contribution in [1.29, 1.82) is 0 Å². The molecule has 0 fully saturated rings. The molecular formula is C15H18N2O4S. The summed E-state index contributed by atoms with van der Waals surface area (Å²) in [5, 5.41) is 3.70. The van der Waals surface area contributed by atoms with Gasteiger partial charge in [-0.05, 0) is 31.4 Å². The summed E-state index contributed by atoms with van der Waals surface area (Å²) in [5.74, 6) is 0.979. The molecule has 118 valence electrons. The van der Waals surface area contributed by atoms with Crippen LogP contribution in [0.25, 0.3) is 0 Å². The second-order valence-electron chi connectivity index (χ2n) is 5.59. The van der Waals surface area contributed by atoms with Gasteiger partial charge >= 0.3 is 0 Å². The van der Waals surface area contributed by atoms with Crippen LogP contribution in [0.4, 0.5) is 0 Å². The summed E-state index contributed by atoms with van der Waals surface area (Å²) in [4.78, 5) is 0. The Morgan fingerprint density at radius 1 is 1.36 bits per heavy atom. The Hall–Kier alpha value is -1.86. The Balaban J connectivity index is 1.69. The van der Waals surface area contributed by atoms with Gasteiger partial charge in [-0.3, -0.25) is 0 Å². The van der Waals surface area contributed by atoms with E-state index in [0.29, 0.717) is 24.5 Å². The lowest BCUT2D eigenvalue weighted by Crippen LogP contribution is -2.43. The average Bonchev–Trinajstić information content (AvgIpc) is 2.82. The lowest BCUT2D eigenvalue weighted by atomic mass is 10.0. The number of ether oxygens (including phenoxy) is 1. The molecule has 7 heteroatoms. The zero-order valence-electron chi connectivity index (χ0n) is 12.5. The van der Waals surface area contributed by atoms with Gasteiger partial charge in [0.2, 0.25) is 10.0 Å². The number of benzene rings is 1. The summed E-state index contributed by atoms with van der Waals surface area (Å²) < 4.78 is 37.7. The second kappa shape index (κ2) is 5.73. The molecule has 1 atom stereocenters. The zero-order chi connectivity index (χ0) is 15.7. The predicted molar refractivity (Wildman–Crippen MR) is 81.2 cm³/mol. The van der Waals surface area contributed by atoms with Crippen LogP contribution in [0.15, 0.2) is 28.8 Å². The highest BCUT2D eigenvalue weighted by Gasteiger charge is 2.26. The number of aryl methyl sites for hydroxylation is 2. The summed E-state index contributed by atoms with van der Waals surface area (Å²) >= 11 is 0. The molecule has 0 saturated carbocycles. The van der Waals surface area contributed by atoms with Gasteiger partial charge < -0.3 is 9.26 Å². The van der Waals surface area contributed by atoms with Crippen molar-refractivity contribution >= 4 is 10.0 Å². The molecule has 22 heavy (non-hydrogen) atoms. The average molecular weight is 322 g/mol. The summed E-state index contributed by atoms with van der Waals surface area (Å²) in [7, 11) is -3.50. The fourth-order valence-corrected chi connectivity index (χ4v) is 3.88. The number of aromatic nitrogens is 1. The Morgan fingerprint density at radius 3 is 2.91 bits per heavy atom. The first-order valence-corrected chi connectivity index (χ1v) is 8.72. The molecule has 0 spiro atoms. The van der Waals surface area contributed by atoms with Crippen molar-refractivity contribution in [2.45, 2.75) is 32.1 Å². The molecule has 1 aromatic carbocycles. The summed E-state index contributed by atoms with van der Waals surface area (Å²) in [6.45, 7) is 4.06. The van der Waals surface area contributed by atoms with E-state index < -0.39 is 10.0 Å². The van der Waals surface area contributed by atoms with Crippen LogP contribution in [0.2, 0.25) is 0 Å². The molecule has 0 bridgehead atoms. The van der Waals surface area contributed by atoms with E-state index in [1.54, 1.807) is 13.0 Å². The third-order valence-corrected chi connectivity index (χ3v) is 4.90. The normalized spacial score (nSPS) is 17.8. The first-order chi connectivity index (χ1) is 10.4. The molecule has 0 radical (unpaired) electrons. The molecule has 3 rings (SSSR count). The lowest BCUT2D eigenvalue weighted by Gasteiger charge is -2.26. The van der Waals surface area contributed by atoms with Gasteiger partial charge in [-0.1, -0.05) is 23.4 Å². The number of fused-ring (bicyclic) bond motifs is 1. The van der Waals surface area contributed by atoms with Gasteiger partial charge in [0.15, 0.2) is 5.76 Å². The Labute approximate surface area is 129 Å². The molecule has 2 heterocycles. The number of hydrogen-bond acceptors (Lipinski definition) is 5. The standard InChI is InChI=1S/C15H18N2O4S/c1-10-4-3-5-12-7-13(8-20-15(10)12)17-22(18,19)9-14-6-11(2)16-21-14/h3-6,13,17H,7-9H2,1-2H3/t13-/m1/s1. The molecule has 0 amide bonds. The van der Waals surface area contributed by atoms with E-state index in [1.807, 2.05) is 25.1 Å². The second-order valence-corrected chi connectivity index (χ2v) is 7.34. The lowest BCUT2D eigenvalue weighted by molar-refractivity contribution is 0.252. The highest BCUT2D eigenvalue weighted by Crippen LogP contribution is 2.28. The van der Waals surface area contributed by atoms with Crippen LogP contribution >= 0.6 is 0 Å². The van der Waals surface area contributed by atoms with Crippen LogP contribution in [0.3, 0.4) is 0 Å². The fraction of sp³-hybridized carbons (Fsp3) is 0.400. The quantitative estimate of drug-likeness (QED) is 0.927. The first-order valence-electron chi connectivity index (χ1n) is 7.06. The number of rotatable bonds is 4. The van der Waals surface area contributed by atoms with Crippen LogP contribution in [-0.2, 0) is 22.2 Å². The number of hydrogen-bond donors (Lipinski definition) is 1. The first kappa shape index (κ1) is 15.1. The Bertz CT molecular complexity index is 783. The van der Waals surface area contributed by atoms with Crippen molar-refractivity contribution in [3.63, 3.8) is 0 Å². The zero-order valence-corrected chi connectivity index (χ0v) is 13.3. The molecule has 1 N–H and O–H groups in total. The van der Waals surface area contributed by atoms with Crippen LogP contribution in [0.1, 0.15) is 22.6 Å². The maximum Gasteiger partial charge on any atom is 0.219 e. The van der Waals surface area contributed by atoms with Gasteiger partial charge in [0.1, 0.15) is 18.1 Å². The summed E-state index contributed by atoms with van der Waals surface area (Å²) in [5.41, 5.74) is 2.75. The van der Waals surface area contributed by atoms with Crippen molar-refractivity contribution < 1.29 is 17.7 Å². The Kier molecular flexibility index (Phi) is 3.92. The SMILES string of the molecule is Cc1cc(CS(=O)(=O)N[C@H]2COc3c(C)cccc3C2)on1.